The maximum absolute atomic E-state index is 6.21. The minimum absolute atomic E-state index is 0.175. The number of unbranched alkanes of at least 4 members (excludes halogenated alkanes) is 2. The number of rotatable bonds is 10. The van der Waals surface area contributed by atoms with Crippen molar-refractivity contribution in [3.8, 4) is 0 Å². The molecule has 3 atom stereocenters. The van der Waals surface area contributed by atoms with Gasteiger partial charge < -0.3 is 9.47 Å². The van der Waals surface area contributed by atoms with Crippen LogP contribution in [0.3, 0.4) is 0 Å². The smallest absolute Gasteiger partial charge is 0.0877 e. The highest BCUT2D eigenvalue weighted by Gasteiger charge is 2.23. The minimum atomic E-state index is -0.634. The number of hydrogen-bond acceptors (Lipinski definition) is 2. The molecule has 1 heterocycles. The van der Waals surface area contributed by atoms with Crippen molar-refractivity contribution < 1.29 is 9.47 Å². The molecule has 1 rings (SSSR count). The molecule has 0 spiro atoms. The van der Waals surface area contributed by atoms with Gasteiger partial charge in [0, 0.05) is 25.4 Å². The molecule has 1 saturated heterocycles. The zero-order valence-electron chi connectivity index (χ0n) is 15.2. The van der Waals surface area contributed by atoms with Gasteiger partial charge in [-0.05, 0) is 38.3 Å². The summed E-state index contributed by atoms with van der Waals surface area (Å²) in [6, 6.07) is 1.46. The van der Waals surface area contributed by atoms with Crippen LogP contribution >= 0.6 is 0 Å². The Hall–Kier alpha value is -0.343. The average molecular weight is 325 g/mol. The SMILES string of the molecule is CC=C=C(C)C(CCOC1CCCC[SiH]1C)OCCCCC. The fraction of sp³-hybridized carbons (Fsp3) is 0.842. The number of hydrogen-bond donors (Lipinski definition) is 0. The van der Waals surface area contributed by atoms with Crippen molar-refractivity contribution in [1.82, 2.24) is 0 Å². The van der Waals surface area contributed by atoms with E-state index in [1.807, 2.05) is 13.0 Å². The highest BCUT2D eigenvalue weighted by Crippen LogP contribution is 2.21. The summed E-state index contributed by atoms with van der Waals surface area (Å²) in [6.45, 7) is 10.5. The van der Waals surface area contributed by atoms with Crippen LogP contribution in [0.5, 0.6) is 0 Å². The van der Waals surface area contributed by atoms with Gasteiger partial charge >= 0.3 is 0 Å². The predicted molar refractivity (Wildman–Crippen MR) is 98.2 cm³/mol. The molecular weight excluding hydrogens is 288 g/mol. The number of ether oxygens (including phenoxy) is 2. The molecule has 3 unspecified atom stereocenters. The zero-order chi connectivity index (χ0) is 16.2. The van der Waals surface area contributed by atoms with Crippen LogP contribution in [0.4, 0.5) is 0 Å². The van der Waals surface area contributed by atoms with E-state index in [-0.39, 0.29) is 6.10 Å². The second-order valence-corrected chi connectivity index (χ2v) is 9.92. The molecule has 0 aromatic rings. The molecule has 0 aromatic carbocycles. The third kappa shape index (κ3) is 7.78. The Labute approximate surface area is 139 Å². The fourth-order valence-corrected chi connectivity index (χ4v) is 5.75. The molecule has 2 nitrogen and oxygen atoms in total. The summed E-state index contributed by atoms with van der Waals surface area (Å²) in [5, 5.41) is 0. The first-order chi connectivity index (χ1) is 10.7. The van der Waals surface area contributed by atoms with Crippen molar-refractivity contribution in [3.05, 3.63) is 17.4 Å². The molecule has 1 aliphatic heterocycles. The quantitative estimate of drug-likeness (QED) is 0.318. The lowest BCUT2D eigenvalue weighted by molar-refractivity contribution is 0.0271. The Bertz CT molecular complexity index is 347. The Kier molecular flexibility index (Phi) is 10.9. The van der Waals surface area contributed by atoms with Gasteiger partial charge in [0.05, 0.1) is 14.9 Å². The molecule has 1 fully saturated rings. The Morgan fingerprint density at radius 1 is 1.32 bits per heavy atom. The third-order valence-electron chi connectivity index (χ3n) is 4.67. The van der Waals surface area contributed by atoms with Crippen LogP contribution in [-0.2, 0) is 9.47 Å². The molecule has 22 heavy (non-hydrogen) atoms. The van der Waals surface area contributed by atoms with E-state index in [9.17, 15) is 0 Å². The van der Waals surface area contributed by atoms with Crippen LogP contribution in [-0.4, -0.2) is 33.8 Å². The maximum Gasteiger partial charge on any atom is 0.0877 e. The van der Waals surface area contributed by atoms with E-state index in [2.05, 4.69) is 26.1 Å². The van der Waals surface area contributed by atoms with Gasteiger partial charge in [-0.3, -0.25) is 0 Å². The molecule has 128 valence electrons. The van der Waals surface area contributed by atoms with Crippen LogP contribution < -0.4 is 0 Å². The van der Waals surface area contributed by atoms with E-state index in [0.717, 1.165) is 26.1 Å². The molecule has 0 N–H and O–H groups in total. The van der Waals surface area contributed by atoms with Gasteiger partial charge in [-0.2, -0.15) is 0 Å². The van der Waals surface area contributed by atoms with E-state index < -0.39 is 8.80 Å². The van der Waals surface area contributed by atoms with Crippen LogP contribution in [0.1, 0.15) is 65.7 Å². The Morgan fingerprint density at radius 3 is 2.82 bits per heavy atom. The van der Waals surface area contributed by atoms with Crippen molar-refractivity contribution >= 4 is 8.80 Å². The van der Waals surface area contributed by atoms with Gasteiger partial charge in [-0.1, -0.05) is 45.2 Å². The summed E-state index contributed by atoms with van der Waals surface area (Å²) in [6.07, 6.45) is 10.9. The van der Waals surface area contributed by atoms with Crippen molar-refractivity contribution in [1.29, 1.82) is 0 Å². The summed E-state index contributed by atoms with van der Waals surface area (Å²) >= 11 is 0. The molecule has 0 bridgehead atoms. The first kappa shape index (κ1) is 19.7. The summed E-state index contributed by atoms with van der Waals surface area (Å²) < 4.78 is 12.3. The molecule has 3 heteroatoms. The lowest BCUT2D eigenvalue weighted by Gasteiger charge is -2.28. The first-order valence-electron chi connectivity index (χ1n) is 9.30. The summed E-state index contributed by atoms with van der Waals surface area (Å²) in [5.41, 5.74) is 5.11. The van der Waals surface area contributed by atoms with Crippen molar-refractivity contribution in [2.45, 2.75) is 90.1 Å². The van der Waals surface area contributed by atoms with Gasteiger partial charge in [0.2, 0.25) is 0 Å². The van der Waals surface area contributed by atoms with Crippen molar-refractivity contribution in [2.75, 3.05) is 13.2 Å². The predicted octanol–water partition coefficient (Wildman–Crippen LogP) is 5.04. The first-order valence-corrected chi connectivity index (χ1v) is 11.9. The van der Waals surface area contributed by atoms with E-state index >= 15 is 0 Å². The largest absolute Gasteiger partial charge is 0.382 e. The lowest BCUT2D eigenvalue weighted by atomic mass is 10.1. The van der Waals surface area contributed by atoms with Crippen LogP contribution in [0.2, 0.25) is 12.6 Å². The standard InChI is InChI=1S/C19H36O2Si/c1-5-7-9-14-20-18(17(3)11-6-2)13-15-21-19-12-8-10-16-22(19)4/h6,18-19,22H,5,7-10,12-16H2,1-4H3. The van der Waals surface area contributed by atoms with E-state index in [1.54, 1.807) is 0 Å². The van der Waals surface area contributed by atoms with E-state index in [1.165, 1.54) is 43.7 Å². The lowest BCUT2D eigenvalue weighted by Crippen LogP contribution is -2.34. The average Bonchev–Trinajstić information content (AvgIpc) is 2.51. The molecule has 0 aromatic heterocycles. The van der Waals surface area contributed by atoms with Gasteiger partial charge in [0.15, 0.2) is 0 Å². The molecule has 1 aliphatic rings. The van der Waals surface area contributed by atoms with Crippen molar-refractivity contribution in [3.63, 3.8) is 0 Å². The monoisotopic (exact) mass is 324 g/mol. The van der Waals surface area contributed by atoms with Gasteiger partial charge in [0.1, 0.15) is 0 Å². The third-order valence-corrected chi connectivity index (χ3v) is 7.78. The van der Waals surface area contributed by atoms with Crippen LogP contribution in [0.15, 0.2) is 17.4 Å². The van der Waals surface area contributed by atoms with E-state index in [0.29, 0.717) is 5.73 Å². The maximum atomic E-state index is 6.21. The van der Waals surface area contributed by atoms with Crippen LogP contribution in [0.25, 0.3) is 0 Å². The summed E-state index contributed by atoms with van der Waals surface area (Å²) in [5.74, 6) is 0. The topological polar surface area (TPSA) is 18.5 Å². The summed E-state index contributed by atoms with van der Waals surface area (Å²) in [7, 11) is -0.634. The second kappa shape index (κ2) is 12.1. The normalized spacial score (nSPS) is 22.9. The minimum Gasteiger partial charge on any atom is -0.382 e. The van der Waals surface area contributed by atoms with Gasteiger partial charge in [0.25, 0.3) is 0 Å². The van der Waals surface area contributed by atoms with Gasteiger partial charge in [-0.15, -0.1) is 5.73 Å². The molecule has 0 saturated carbocycles. The molecule has 0 aliphatic carbocycles. The Balaban J connectivity index is 2.37. The molecular formula is C19H36O2Si. The highest BCUT2D eigenvalue weighted by molar-refractivity contribution is 6.58. The zero-order valence-corrected chi connectivity index (χ0v) is 16.4. The van der Waals surface area contributed by atoms with E-state index in [4.69, 9.17) is 9.47 Å². The highest BCUT2D eigenvalue weighted by atomic mass is 28.3. The second-order valence-electron chi connectivity index (χ2n) is 6.64. The van der Waals surface area contributed by atoms with Crippen LogP contribution in [0, 0.1) is 0 Å². The molecule has 0 amide bonds. The Morgan fingerprint density at radius 2 is 2.14 bits per heavy atom. The fourth-order valence-electron chi connectivity index (χ4n) is 3.18. The van der Waals surface area contributed by atoms with Gasteiger partial charge in [-0.25, -0.2) is 0 Å². The molecule has 0 radical (unpaired) electrons. The van der Waals surface area contributed by atoms with Crippen molar-refractivity contribution in [2.24, 2.45) is 0 Å². The summed E-state index contributed by atoms with van der Waals surface area (Å²) in [4.78, 5) is 0.